The van der Waals surface area contributed by atoms with Crippen LogP contribution in [0.2, 0.25) is 0 Å². The molecule has 2 aromatic carbocycles. The summed E-state index contributed by atoms with van der Waals surface area (Å²) in [5.74, 6) is -0.108. The maximum Gasteiger partial charge on any atom is 0.311 e. The van der Waals surface area contributed by atoms with E-state index in [-0.39, 0.29) is 23.0 Å². The minimum Gasteiger partial charge on any atom is -0.432 e. The molecule has 0 aliphatic heterocycles. The molecule has 0 fully saturated rings. The van der Waals surface area contributed by atoms with Gasteiger partial charge < -0.3 is 10.1 Å². The van der Waals surface area contributed by atoms with Gasteiger partial charge in [-0.05, 0) is 30.7 Å². The maximum atomic E-state index is 12.4. The molecule has 0 saturated heterocycles. The van der Waals surface area contributed by atoms with Crippen molar-refractivity contribution in [1.29, 1.82) is 0 Å². The predicted molar refractivity (Wildman–Crippen MR) is 95.5 cm³/mol. The molecular formula is C18H16N4O4. The highest BCUT2D eigenvalue weighted by atomic mass is 16.6. The summed E-state index contributed by atoms with van der Waals surface area (Å²) in [6.45, 7) is 1.93. The summed E-state index contributed by atoms with van der Waals surface area (Å²) in [6.07, 6.45) is 0. The van der Waals surface area contributed by atoms with Crippen molar-refractivity contribution < 1.29 is 14.5 Å². The number of aryl methyl sites for hydroxylation is 2. The Bertz CT molecular complexity index is 981. The van der Waals surface area contributed by atoms with Crippen molar-refractivity contribution in [2.24, 2.45) is 7.05 Å². The van der Waals surface area contributed by atoms with E-state index < -0.39 is 10.8 Å². The van der Waals surface area contributed by atoms with Crippen molar-refractivity contribution in [3.63, 3.8) is 0 Å². The number of nitrogens with one attached hydrogen (secondary N) is 1. The Morgan fingerprint density at radius 3 is 2.69 bits per heavy atom. The second kappa shape index (κ2) is 7.06. The SMILES string of the molecule is Cc1cccc(NC(=O)c2cc(Oc3ccccc3[N+](=O)[O-])n(C)n2)c1. The van der Waals surface area contributed by atoms with Gasteiger partial charge >= 0.3 is 5.69 Å². The van der Waals surface area contributed by atoms with Crippen LogP contribution in [0.25, 0.3) is 0 Å². The zero-order chi connectivity index (χ0) is 18.7. The number of rotatable bonds is 5. The first kappa shape index (κ1) is 17.2. The standard InChI is InChI=1S/C18H16N4O4/c1-12-6-5-7-13(10-12)19-18(23)14-11-17(21(2)20-14)26-16-9-4-3-8-15(16)22(24)25/h3-11H,1-2H3,(H,19,23). The van der Waals surface area contributed by atoms with Gasteiger partial charge in [-0.1, -0.05) is 24.3 Å². The summed E-state index contributed by atoms with van der Waals surface area (Å²) in [6, 6.07) is 14.8. The number of ether oxygens (including phenoxy) is 1. The molecule has 3 rings (SSSR count). The third-order valence-corrected chi connectivity index (χ3v) is 3.62. The van der Waals surface area contributed by atoms with Crippen molar-refractivity contribution >= 4 is 17.3 Å². The highest BCUT2D eigenvalue weighted by Gasteiger charge is 2.19. The fourth-order valence-electron chi connectivity index (χ4n) is 2.38. The van der Waals surface area contributed by atoms with Gasteiger partial charge in [0.25, 0.3) is 5.91 Å². The number of nitro benzene ring substituents is 1. The molecule has 0 atom stereocenters. The van der Waals surface area contributed by atoms with E-state index in [4.69, 9.17) is 4.74 Å². The van der Waals surface area contributed by atoms with E-state index in [0.717, 1.165) is 5.56 Å². The molecule has 0 aliphatic rings. The van der Waals surface area contributed by atoms with Crippen LogP contribution >= 0.6 is 0 Å². The van der Waals surface area contributed by atoms with Gasteiger partial charge in [-0.2, -0.15) is 5.10 Å². The molecule has 8 heteroatoms. The van der Waals surface area contributed by atoms with Crippen LogP contribution < -0.4 is 10.1 Å². The lowest BCUT2D eigenvalue weighted by molar-refractivity contribution is -0.385. The molecule has 3 aromatic rings. The lowest BCUT2D eigenvalue weighted by Gasteiger charge is -2.05. The number of aromatic nitrogens is 2. The molecule has 0 radical (unpaired) electrons. The summed E-state index contributed by atoms with van der Waals surface area (Å²) >= 11 is 0. The average molecular weight is 352 g/mol. The topological polar surface area (TPSA) is 99.3 Å². The van der Waals surface area contributed by atoms with Gasteiger partial charge in [-0.25, -0.2) is 4.68 Å². The Balaban J connectivity index is 1.81. The van der Waals surface area contributed by atoms with Crippen LogP contribution in [0.15, 0.2) is 54.6 Å². The Hall–Kier alpha value is -3.68. The highest BCUT2D eigenvalue weighted by Crippen LogP contribution is 2.31. The molecule has 0 aliphatic carbocycles. The largest absolute Gasteiger partial charge is 0.432 e. The lowest BCUT2D eigenvalue weighted by Crippen LogP contribution is -2.13. The summed E-state index contributed by atoms with van der Waals surface area (Å²) < 4.78 is 6.93. The number of hydrogen-bond donors (Lipinski definition) is 1. The third kappa shape index (κ3) is 3.69. The zero-order valence-corrected chi connectivity index (χ0v) is 14.2. The lowest BCUT2D eigenvalue weighted by atomic mass is 10.2. The van der Waals surface area contributed by atoms with Crippen LogP contribution in [0.1, 0.15) is 16.1 Å². The number of nitro groups is 1. The van der Waals surface area contributed by atoms with E-state index in [9.17, 15) is 14.9 Å². The molecule has 0 bridgehead atoms. The fraction of sp³-hybridized carbons (Fsp3) is 0.111. The monoisotopic (exact) mass is 352 g/mol. The number of amides is 1. The zero-order valence-electron chi connectivity index (χ0n) is 14.2. The van der Waals surface area contributed by atoms with E-state index in [1.54, 1.807) is 25.2 Å². The molecule has 1 heterocycles. The first-order valence-electron chi connectivity index (χ1n) is 7.77. The summed E-state index contributed by atoms with van der Waals surface area (Å²) in [4.78, 5) is 22.9. The first-order chi connectivity index (χ1) is 12.4. The van der Waals surface area contributed by atoms with Gasteiger partial charge in [-0.15, -0.1) is 0 Å². The van der Waals surface area contributed by atoms with Gasteiger partial charge in [0.1, 0.15) is 0 Å². The number of hydrogen-bond acceptors (Lipinski definition) is 5. The van der Waals surface area contributed by atoms with E-state index in [1.807, 2.05) is 25.1 Å². The van der Waals surface area contributed by atoms with Crippen LogP contribution in [0, 0.1) is 17.0 Å². The van der Waals surface area contributed by atoms with Gasteiger partial charge in [0, 0.05) is 24.9 Å². The Morgan fingerprint density at radius 2 is 1.96 bits per heavy atom. The predicted octanol–water partition coefficient (Wildman–Crippen LogP) is 3.68. The van der Waals surface area contributed by atoms with Crippen LogP contribution in [-0.2, 0) is 7.05 Å². The van der Waals surface area contributed by atoms with Crippen LogP contribution in [0.3, 0.4) is 0 Å². The third-order valence-electron chi connectivity index (χ3n) is 3.62. The smallest absolute Gasteiger partial charge is 0.311 e. The van der Waals surface area contributed by atoms with E-state index >= 15 is 0 Å². The first-order valence-corrected chi connectivity index (χ1v) is 7.77. The highest BCUT2D eigenvalue weighted by molar-refractivity contribution is 6.03. The van der Waals surface area contributed by atoms with Crippen molar-refractivity contribution in [3.05, 3.63) is 76.0 Å². The molecular weight excluding hydrogens is 336 g/mol. The van der Waals surface area contributed by atoms with Gasteiger partial charge in [0.15, 0.2) is 5.69 Å². The number of anilines is 1. The number of benzene rings is 2. The van der Waals surface area contributed by atoms with Gasteiger partial charge in [-0.3, -0.25) is 14.9 Å². The summed E-state index contributed by atoms with van der Waals surface area (Å²) in [7, 11) is 1.59. The van der Waals surface area contributed by atoms with Crippen molar-refractivity contribution in [2.75, 3.05) is 5.32 Å². The molecule has 8 nitrogen and oxygen atoms in total. The number of para-hydroxylation sites is 2. The number of nitrogens with zero attached hydrogens (tertiary/aromatic N) is 3. The Labute approximate surface area is 149 Å². The van der Waals surface area contributed by atoms with Gasteiger partial charge in [0.05, 0.1) is 4.92 Å². The minimum absolute atomic E-state index is 0.0751. The second-order valence-electron chi connectivity index (χ2n) is 5.64. The minimum atomic E-state index is -0.531. The molecule has 1 N–H and O–H groups in total. The summed E-state index contributed by atoms with van der Waals surface area (Å²) in [5, 5.41) is 17.9. The van der Waals surface area contributed by atoms with Crippen molar-refractivity contribution in [1.82, 2.24) is 9.78 Å². The van der Waals surface area contributed by atoms with E-state index in [1.165, 1.54) is 22.9 Å². The second-order valence-corrected chi connectivity index (χ2v) is 5.64. The number of carbonyl (C=O) groups excluding carboxylic acids is 1. The average Bonchev–Trinajstić information content (AvgIpc) is 2.96. The van der Waals surface area contributed by atoms with Crippen LogP contribution in [0.5, 0.6) is 11.6 Å². The molecule has 0 saturated carbocycles. The molecule has 0 spiro atoms. The number of carbonyl (C=O) groups is 1. The fourth-order valence-corrected chi connectivity index (χ4v) is 2.38. The molecule has 132 valence electrons. The van der Waals surface area contributed by atoms with E-state index in [0.29, 0.717) is 5.69 Å². The summed E-state index contributed by atoms with van der Waals surface area (Å²) in [5.41, 5.74) is 1.65. The van der Waals surface area contributed by atoms with Crippen molar-refractivity contribution in [3.8, 4) is 11.6 Å². The molecule has 26 heavy (non-hydrogen) atoms. The Morgan fingerprint density at radius 1 is 1.19 bits per heavy atom. The molecule has 0 unspecified atom stereocenters. The van der Waals surface area contributed by atoms with E-state index in [2.05, 4.69) is 10.4 Å². The maximum absolute atomic E-state index is 12.4. The Kier molecular flexibility index (Phi) is 4.66. The molecule has 1 amide bonds. The van der Waals surface area contributed by atoms with Crippen LogP contribution in [-0.4, -0.2) is 20.6 Å². The molecule has 1 aromatic heterocycles. The quantitative estimate of drug-likeness (QED) is 0.558. The van der Waals surface area contributed by atoms with Crippen molar-refractivity contribution in [2.45, 2.75) is 6.92 Å². The van der Waals surface area contributed by atoms with Gasteiger partial charge in [0.2, 0.25) is 11.6 Å². The van der Waals surface area contributed by atoms with Crippen LogP contribution in [0.4, 0.5) is 11.4 Å². The normalized spacial score (nSPS) is 10.4.